The number of hydrogen-bond donors (Lipinski definition) is 2. The standard InChI is InChI=1S/C29H36ClN7O2/c30-23-12-22(38)11-19(24(23)18-3-4-18)13-36-17-31-25-26(36)33-28(35-14-20-5-6-21(15-35)32-20)34-27(25)39-16-29-7-1-9-37(29)10-2-8-29/h11-12,17-18,20-21,32,38H,1-10,13-16H2. The number of anilines is 1. The number of benzene rings is 1. The summed E-state index contributed by atoms with van der Waals surface area (Å²) in [5.74, 6) is 1.96. The maximum absolute atomic E-state index is 10.4. The van der Waals surface area contributed by atoms with E-state index in [1.54, 1.807) is 6.07 Å². The van der Waals surface area contributed by atoms with E-state index in [9.17, 15) is 5.11 Å². The fraction of sp³-hybridized carbons (Fsp3) is 0.621. The Kier molecular flexibility index (Phi) is 5.72. The van der Waals surface area contributed by atoms with E-state index in [4.69, 9.17) is 31.3 Å². The van der Waals surface area contributed by atoms with Crippen LogP contribution >= 0.6 is 11.6 Å². The van der Waals surface area contributed by atoms with Gasteiger partial charge in [0.1, 0.15) is 12.4 Å². The minimum atomic E-state index is 0.131. The zero-order valence-corrected chi connectivity index (χ0v) is 23.0. The molecule has 10 heteroatoms. The van der Waals surface area contributed by atoms with Gasteiger partial charge in [0, 0.05) is 30.2 Å². The molecule has 2 atom stereocenters. The van der Waals surface area contributed by atoms with E-state index in [2.05, 4.69) is 19.7 Å². The van der Waals surface area contributed by atoms with E-state index in [1.807, 2.05) is 12.4 Å². The maximum Gasteiger partial charge on any atom is 0.247 e. The van der Waals surface area contributed by atoms with Crippen LogP contribution in [0.3, 0.4) is 0 Å². The summed E-state index contributed by atoms with van der Waals surface area (Å²) in [4.78, 5) is 19.8. The lowest BCUT2D eigenvalue weighted by molar-refractivity contribution is 0.111. The second kappa shape index (κ2) is 9.21. The first-order chi connectivity index (χ1) is 19.0. The van der Waals surface area contributed by atoms with Crippen molar-refractivity contribution in [3.8, 4) is 11.6 Å². The van der Waals surface area contributed by atoms with Gasteiger partial charge < -0.3 is 24.6 Å². The summed E-state index contributed by atoms with van der Waals surface area (Å²) >= 11 is 6.61. The monoisotopic (exact) mass is 549 g/mol. The van der Waals surface area contributed by atoms with Gasteiger partial charge in [-0.1, -0.05) is 11.6 Å². The molecule has 2 unspecified atom stereocenters. The number of piperazine rings is 1. The van der Waals surface area contributed by atoms with Crippen LogP contribution in [-0.4, -0.2) is 79.9 Å². The highest BCUT2D eigenvalue weighted by atomic mass is 35.5. The molecule has 0 radical (unpaired) electrons. The van der Waals surface area contributed by atoms with E-state index in [0.29, 0.717) is 47.6 Å². The third-order valence-corrected chi connectivity index (χ3v) is 10.0. The predicted octanol–water partition coefficient (Wildman–Crippen LogP) is 4.06. The van der Waals surface area contributed by atoms with Crippen molar-refractivity contribution in [2.75, 3.05) is 37.7 Å². The van der Waals surface area contributed by atoms with Crippen molar-refractivity contribution in [1.82, 2.24) is 29.7 Å². The molecule has 0 amide bonds. The third-order valence-electron chi connectivity index (χ3n) is 9.73. The van der Waals surface area contributed by atoms with E-state index in [1.165, 1.54) is 51.6 Å². The largest absolute Gasteiger partial charge is 0.508 e. The fourth-order valence-corrected chi connectivity index (χ4v) is 8.08. The molecule has 1 saturated carbocycles. The summed E-state index contributed by atoms with van der Waals surface area (Å²) < 4.78 is 8.68. The molecule has 1 aromatic carbocycles. The maximum atomic E-state index is 10.4. The van der Waals surface area contributed by atoms with E-state index in [0.717, 1.165) is 48.7 Å². The van der Waals surface area contributed by atoms with Gasteiger partial charge in [-0.2, -0.15) is 9.97 Å². The molecule has 4 saturated heterocycles. The molecule has 2 aromatic heterocycles. The molecular formula is C29H36ClN7O2. The summed E-state index contributed by atoms with van der Waals surface area (Å²) in [5, 5.41) is 14.7. The number of phenolic OH excluding ortho intramolecular Hbond substituents is 1. The summed E-state index contributed by atoms with van der Waals surface area (Å²) in [6.07, 6.45) is 11.4. The summed E-state index contributed by atoms with van der Waals surface area (Å²) in [7, 11) is 0. The lowest BCUT2D eigenvalue weighted by Crippen LogP contribution is -2.51. The van der Waals surface area contributed by atoms with Crippen LogP contribution in [0.15, 0.2) is 18.5 Å². The van der Waals surface area contributed by atoms with Gasteiger partial charge in [-0.05, 0) is 93.6 Å². The Balaban J connectivity index is 1.17. The molecule has 4 aliphatic heterocycles. The smallest absolute Gasteiger partial charge is 0.247 e. The number of phenols is 1. The number of fused-ring (bicyclic) bond motifs is 4. The first-order valence-electron chi connectivity index (χ1n) is 14.7. The van der Waals surface area contributed by atoms with Crippen molar-refractivity contribution < 1.29 is 9.84 Å². The molecule has 5 aliphatic rings. The van der Waals surface area contributed by atoms with Crippen LogP contribution < -0.4 is 15.0 Å². The number of rotatable bonds is 7. The average Bonchev–Trinajstić information content (AvgIpc) is 3.19. The quantitative estimate of drug-likeness (QED) is 0.456. The highest BCUT2D eigenvalue weighted by Gasteiger charge is 2.45. The topological polar surface area (TPSA) is 91.6 Å². The van der Waals surface area contributed by atoms with Gasteiger partial charge in [-0.25, -0.2) is 4.98 Å². The molecule has 9 nitrogen and oxygen atoms in total. The van der Waals surface area contributed by atoms with Crippen LogP contribution in [0.5, 0.6) is 11.6 Å². The first kappa shape index (κ1) is 24.2. The van der Waals surface area contributed by atoms with E-state index < -0.39 is 0 Å². The lowest BCUT2D eigenvalue weighted by Gasteiger charge is -2.33. The third kappa shape index (κ3) is 4.24. The zero-order chi connectivity index (χ0) is 26.1. The number of ether oxygens (including phenoxy) is 1. The lowest BCUT2D eigenvalue weighted by atomic mass is 9.95. The number of halogens is 1. The average molecular weight is 550 g/mol. The number of nitrogens with one attached hydrogen (secondary N) is 1. The Morgan fingerprint density at radius 2 is 1.82 bits per heavy atom. The molecule has 39 heavy (non-hydrogen) atoms. The minimum Gasteiger partial charge on any atom is -0.508 e. The number of hydrogen-bond acceptors (Lipinski definition) is 8. The molecule has 5 fully saturated rings. The fourth-order valence-electron chi connectivity index (χ4n) is 7.69. The summed E-state index contributed by atoms with van der Waals surface area (Å²) in [6.45, 7) is 5.33. The Bertz CT molecular complexity index is 1400. The minimum absolute atomic E-state index is 0.131. The first-order valence-corrected chi connectivity index (χ1v) is 15.1. The van der Waals surface area contributed by atoms with E-state index in [-0.39, 0.29) is 11.3 Å². The van der Waals surface area contributed by atoms with E-state index >= 15 is 0 Å². The van der Waals surface area contributed by atoms with Crippen LogP contribution in [0.2, 0.25) is 5.02 Å². The highest BCUT2D eigenvalue weighted by molar-refractivity contribution is 6.31. The van der Waals surface area contributed by atoms with Gasteiger partial charge in [-0.3, -0.25) is 4.90 Å². The zero-order valence-electron chi connectivity index (χ0n) is 22.3. The van der Waals surface area contributed by atoms with Crippen LogP contribution in [0.4, 0.5) is 5.95 Å². The number of nitrogens with zero attached hydrogens (tertiary/aromatic N) is 6. The summed E-state index contributed by atoms with van der Waals surface area (Å²) in [5.41, 5.74) is 3.77. The summed E-state index contributed by atoms with van der Waals surface area (Å²) in [6, 6.07) is 4.46. The van der Waals surface area contributed by atoms with Gasteiger partial charge in [0.15, 0.2) is 11.2 Å². The normalized spacial score (nSPS) is 26.0. The van der Waals surface area contributed by atoms with Crippen molar-refractivity contribution in [2.45, 2.75) is 81.5 Å². The molecule has 6 heterocycles. The molecular weight excluding hydrogens is 514 g/mol. The van der Waals surface area contributed by atoms with Gasteiger partial charge in [0.25, 0.3) is 0 Å². The van der Waals surface area contributed by atoms with Crippen LogP contribution in [0.25, 0.3) is 11.2 Å². The Labute approximate surface area is 233 Å². The Hall–Kier alpha value is -2.62. The molecule has 0 spiro atoms. The Morgan fingerprint density at radius 1 is 1.05 bits per heavy atom. The van der Waals surface area contributed by atoms with Gasteiger partial charge >= 0.3 is 0 Å². The molecule has 2 bridgehead atoms. The molecule has 206 valence electrons. The molecule has 2 N–H and O–H groups in total. The molecule has 1 aliphatic carbocycles. The second-order valence-electron chi connectivity index (χ2n) is 12.4. The van der Waals surface area contributed by atoms with Crippen molar-refractivity contribution >= 4 is 28.7 Å². The van der Waals surface area contributed by atoms with Crippen molar-refractivity contribution in [2.24, 2.45) is 0 Å². The number of aromatic nitrogens is 4. The molecule has 8 rings (SSSR count). The van der Waals surface area contributed by atoms with Crippen molar-refractivity contribution in [3.63, 3.8) is 0 Å². The molecule has 3 aromatic rings. The SMILES string of the molecule is Oc1cc(Cl)c(C2CC2)c(Cn2cnc3c(OCC45CCCN4CCC5)nc(N4CC5CCC(C4)N5)nc32)c1. The number of aromatic hydroxyl groups is 1. The number of imidazole rings is 1. The van der Waals surface area contributed by atoms with Crippen LogP contribution in [0, 0.1) is 0 Å². The van der Waals surface area contributed by atoms with Crippen LogP contribution in [0.1, 0.15) is 68.4 Å². The van der Waals surface area contributed by atoms with Gasteiger partial charge in [0.05, 0.1) is 18.4 Å². The van der Waals surface area contributed by atoms with Crippen molar-refractivity contribution in [1.29, 1.82) is 0 Å². The van der Waals surface area contributed by atoms with Crippen LogP contribution in [-0.2, 0) is 6.54 Å². The van der Waals surface area contributed by atoms with Crippen molar-refractivity contribution in [3.05, 3.63) is 34.6 Å². The highest BCUT2D eigenvalue weighted by Crippen LogP contribution is 2.46. The van der Waals surface area contributed by atoms with Gasteiger partial charge in [-0.15, -0.1) is 0 Å². The predicted molar refractivity (Wildman–Crippen MR) is 150 cm³/mol. The van der Waals surface area contributed by atoms with Gasteiger partial charge in [0.2, 0.25) is 11.8 Å². The second-order valence-corrected chi connectivity index (χ2v) is 12.8. The Morgan fingerprint density at radius 3 is 2.56 bits per heavy atom.